The molecule has 5 unspecified atom stereocenters. The van der Waals surface area contributed by atoms with Crippen LogP contribution >= 0.6 is 0 Å². The van der Waals surface area contributed by atoms with Crippen LogP contribution < -0.4 is 6.15 Å². The third-order valence-corrected chi connectivity index (χ3v) is 2.61. The summed E-state index contributed by atoms with van der Waals surface area (Å²) < 4.78 is 115. The highest BCUT2D eigenvalue weighted by molar-refractivity contribution is 7.85. The molecular weight excluding hydrogens is 311 g/mol. The fraction of sp³-hybridized carbons (Fsp3) is 1.00. The van der Waals surface area contributed by atoms with Gasteiger partial charge in [-0.1, -0.05) is 0 Å². The Balaban J connectivity index is 0. The van der Waals surface area contributed by atoms with E-state index in [2.05, 4.69) is 0 Å². The molecule has 5 atom stereocenters. The van der Waals surface area contributed by atoms with Crippen molar-refractivity contribution in [1.29, 1.82) is 0 Å². The van der Waals surface area contributed by atoms with Gasteiger partial charge in [-0.05, 0) is 0 Å². The Labute approximate surface area is 104 Å². The highest BCUT2D eigenvalue weighted by Crippen LogP contribution is 2.24. The molecule has 0 aromatic rings. The lowest BCUT2D eigenvalue weighted by Crippen LogP contribution is -2.43. The summed E-state index contributed by atoms with van der Waals surface area (Å²) in [7, 11) is -5.01. The maximum absolute atomic E-state index is 12.8. The zero-order chi connectivity index (χ0) is 14.7. The monoisotopic (exact) mass is 323 g/mol. The van der Waals surface area contributed by atoms with E-state index in [1.165, 1.54) is 0 Å². The molecule has 0 fully saturated rings. The minimum absolute atomic E-state index is 0. The van der Waals surface area contributed by atoms with Gasteiger partial charge in [-0.25, -0.2) is 30.7 Å². The third-order valence-electron chi connectivity index (χ3n) is 1.87. The molecular formula is C7H12F7NO3S. The van der Waals surface area contributed by atoms with Crippen molar-refractivity contribution in [3.05, 3.63) is 0 Å². The van der Waals surface area contributed by atoms with Gasteiger partial charge in [-0.2, -0.15) is 8.42 Å². The molecule has 0 radical (unpaired) electrons. The van der Waals surface area contributed by atoms with E-state index in [0.29, 0.717) is 0 Å². The van der Waals surface area contributed by atoms with Gasteiger partial charge in [-0.3, -0.25) is 4.55 Å². The van der Waals surface area contributed by atoms with Crippen LogP contribution in [0.5, 0.6) is 0 Å². The standard InChI is InChI=1S/C7H9F7O3S.H3N/c8-2(1-18(15,16)17)3(9)4(10)5(11)6(12)7(13)14;/h2-7H,1H2,(H,15,16,17);1H3. The first-order chi connectivity index (χ1) is 7.97. The molecule has 0 bridgehead atoms. The highest BCUT2D eigenvalue weighted by Gasteiger charge is 2.44. The summed E-state index contributed by atoms with van der Waals surface area (Å²) in [6.45, 7) is 0. The van der Waals surface area contributed by atoms with Gasteiger partial charge in [0.05, 0.1) is 0 Å². The van der Waals surface area contributed by atoms with Crippen LogP contribution in [0.3, 0.4) is 0 Å². The maximum Gasteiger partial charge on any atom is 0.272 e. The van der Waals surface area contributed by atoms with Crippen LogP contribution in [0.25, 0.3) is 0 Å². The molecule has 0 aliphatic carbocycles. The van der Waals surface area contributed by atoms with Crippen LogP contribution in [-0.4, -0.2) is 56.0 Å². The normalized spacial score (nSPS) is 20.3. The predicted molar refractivity (Wildman–Crippen MR) is 51.9 cm³/mol. The van der Waals surface area contributed by atoms with Crippen molar-refractivity contribution in [2.45, 2.75) is 37.3 Å². The highest BCUT2D eigenvalue weighted by atomic mass is 32.2. The van der Waals surface area contributed by atoms with Crippen LogP contribution in [0.1, 0.15) is 0 Å². The largest absolute Gasteiger partial charge is 0.344 e. The smallest absolute Gasteiger partial charge is 0.272 e. The van der Waals surface area contributed by atoms with Crippen molar-refractivity contribution in [1.82, 2.24) is 6.15 Å². The van der Waals surface area contributed by atoms with E-state index in [1.54, 1.807) is 0 Å². The minimum atomic E-state index is -5.01. The van der Waals surface area contributed by atoms with Gasteiger partial charge in [0, 0.05) is 0 Å². The summed E-state index contributed by atoms with van der Waals surface area (Å²) in [6, 6.07) is 0. The number of alkyl halides is 7. The number of hydrogen-bond donors (Lipinski definition) is 2. The Kier molecular flexibility index (Phi) is 8.54. The average Bonchev–Trinajstić information content (AvgIpc) is 2.22. The fourth-order valence-electron chi connectivity index (χ4n) is 0.983. The Morgan fingerprint density at radius 3 is 1.47 bits per heavy atom. The van der Waals surface area contributed by atoms with Gasteiger partial charge in [0.1, 0.15) is 5.75 Å². The maximum atomic E-state index is 12.8. The first-order valence-corrected chi connectivity index (χ1v) is 6.02. The van der Waals surface area contributed by atoms with Gasteiger partial charge >= 0.3 is 0 Å². The molecule has 0 rings (SSSR count). The molecule has 0 amide bonds. The van der Waals surface area contributed by atoms with Crippen molar-refractivity contribution >= 4 is 10.1 Å². The van der Waals surface area contributed by atoms with E-state index >= 15 is 0 Å². The van der Waals surface area contributed by atoms with E-state index in [4.69, 9.17) is 4.55 Å². The molecule has 4 nitrogen and oxygen atoms in total. The van der Waals surface area contributed by atoms with Gasteiger partial charge in [0.25, 0.3) is 16.5 Å². The van der Waals surface area contributed by atoms with Crippen molar-refractivity contribution in [2.75, 3.05) is 5.75 Å². The summed E-state index contributed by atoms with van der Waals surface area (Å²) in [5.74, 6) is -1.90. The third kappa shape index (κ3) is 6.92. The Morgan fingerprint density at radius 1 is 0.789 bits per heavy atom. The fourth-order valence-corrected chi connectivity index (χ4v) is 1.57. The second-order valence-electron chi connectivity index (χ2n) is 3.38. The molecule has 0 saturated carbocycles. The van der Waals surface area contributed by atoms with E-state index in [1.807, 2.05) is 0 Å². The summed E-state index contributed by atoms with van der Waals surface area (Å²) in [4.78, 5) is 0. The van der Waals surface area contributed by atoms with E-state index in [9.17, 15) is 39.2 Å². The van der Waals surface area contributed by atoms with Crippen molar-refractivity contribution in [2.24, 2.45) is 0 Å². The lowest BCUT2D eigenvalue weighted by Gasteiger charge is -2.21. The van der Waals surface area contributed by atoms with E-state index in [0.717, 1.165) is 0 Å². The molecule has 0 aliphatic heterocycles. The second-order valence-corrected chi connectivity index (χ2v) is 4.87. The SMILES string of the molecule is N.O=S(=O)(O)CC(F)C(F)C(F)C(F)C(F)C(F)F. The molecule has 4 N–H and O–H groups in total. The van der Waals surface area contributed by atoms with Crippen molar-refractivity contribution in [3.8, 4) is 0 Å². The van der Waals surface area contributed by atoms with Crippen LogP contribution in [0.15, 0.2) is 0 Å². The molecule has 19 heavy (non-hydrogen) atoms. The second kappa shape index (κ2) is 7.85. The lowest BCUT2D eigenvalue weighted by atomic mass is 10.1. The lowest BCUT2D eigenvalue weighted by molar-refractivity contribution is -0.0492. The number of hydrogen-bond acceptors (Lipinski definition) is 3. The first-order valence-electron chi connectivity index (χ1n) is 4.41. The van der Waals surface area contributed by atoms with E-state index < -0.39 is 53.2 Å². The molecule has 0 saturated heterocycles. The van der Waals surface area contributed by atoms with Crippen LogP contribution in [0.4, 0.5) is 30.7 Å². The molecule has 0 aliphatic rings. The van der Waals surface area contributed by atoms with Gasteiger partial charge in [-0.15, -0.1) is 0 Å². The molecule has 0 spiro atoms. The summed E-state index contributed by atoms with van der Waals surface area (Å²) in [6.07, 6.45) is -21.6. The minimum Gasteiger partial charge on any atom is -0.344 e. The topological polar surface area (TPSA) is 89.4 Å². The Bertz CT molecular complexity index is 355. The summed E-state index contributed by atoms with van der Waals surface area (Å²) in [5, 5.41) is 0. The van der Waals surface area contributed by atoms with Crippen LogP contribution in [0, 0.1) is 0 Å². The van der Waals surface area contributed by atoms with Crippen LogP contribution in [-0.2, 0) is 10.1 Å². The summed E-state index contributed by atoms with van der Waals surface area (Å²) in [5.41, 5.74) is 0. The number of rotatable bonds is 7. The molecule has 0 heterocycles. The van der Waals surface area contributed by atoms with Crippen molar-refractivity contribution < 1.29 is 43.7 Å². The van der Waals surface area contributed by atoms with Crippen LogP contribution in [0.2, 0.25) is 0 Å². The predicted octanol–water partition coefficient (Wildman–Crippen LogP) is 1.99. The zero-order valence-corrected chi connectivity index (χ0v) is 10.0. The molecule has 12 heteroatoms. The first kappa shape index (κ1) is 20.7. The Hall–Kier alpha value is -0.620. The average molecular weight is 323 g/mol. The van der Waals surface area contributed by atoms with Gasteiger partial charge < -0.3 is 6.15 Å². The Morgan fingerprint density at radius 2 is 1.16 bits per heavy atom. The van der Waals surface area contributed by atoms with Crippen molar-refractivity contribution in [3.63, 3.8) is 0 Å². The molecule has 0 aromatic carbocycles. The van der Waals surface area contributed by atoms with Gasteiger partial charge in [0.15, 0.2) is 30.9 Å². The molecule has 0 aromatic heterocycles. The van der Waals surface area contributed by atoms with Gasteiger partial charge in [0.2, 0.25) is 0 Å². The summed E-state index contributed by atoms with van der Waals surface area (Å²) >= 11 is 0. The zero-order valence-electron chi connectivity index (χ0n) is 9.20. The molecule has 118 valence electrons. The quantitative estimate of drug-likeness (QED) is 0.554. The number of halogens is 7. The van der Waals surface area contributed by atoms with E-state index in [-0.39, 0.29) is 6.15 Å².